The van der Waals surface area contributed by atoms with Gasteiger partial charge < -0.3 is 24.5 Å². The Morgan fingerprint density at radius 3 is 2.19 bits per heavy atom. The number of aliphatic hydroxyl groups excluding tert-OH is 1. The Morgan fingerprint density at radius 1 is 0.930 bits per heavy atom. The third-order valence-electron chi connectivity index (χ3n) is 9.60. The molecule has 4 aliphatic rings. The van der Waals surface area contributed by atoms with E-state index in [9.17, 15) is 19.5 Å². The van der Waals surface area contributed by atoms with E-state index in [4.69, 9.17) is 4.74 Å². The molecule has 43 heavy (non-hydrogen) atoms. The molecule has 1 unspecified atom stereocenters. The van der Waals surface area contributed by atoms with E-state index in [1.807, 2.05) is 80.3 Å². The van der Waals surface area contributed by atoms with E-state index in [0.717, 1.165) is 12.1 Å². The first-order valence-corrected chi connectivity index (χ1v) is 15.7. The largest absolute Gasteiger partial charge is 0.394 e. The Kier molecular flexibility index (Phi) is 7.96. The van der Waals surface area contributed by atoms with E-state index in [1.54, 1.807) is 9.80 Å². The van der Waals surface area contributed by atoms with Gasteiger partial charge in [0, 0.05) is 24.3 Å². The van der Waals surface area contributed by atoms with Crippen molar-refractivity contribution in [3.8, 4) is 0 Å². The minimum atomic E-state index is -1.36. The molecule has 2 fully saturated rings. The van der Waals surface area contributed by atoms with Crippen LogP contribution in [0, 0.1) is 23.2 Å². The fourth-order valence-corrected chi connectivity index (χ4v) is 8.45. The van der Waals surface area contributed by atoms with Crippen LogP contribution in [-0.2, 0) is 19.1 Å². The number of benzene rings is 1. The molecule has 8 heteroatoms. The number of rotatable bonds is 7. The summed E-state index contributed by atoms with van der Waals surface area (Å²) in [6.07, 6.45) is 8.94. The second kappa shape index (κ2) is 10.9. The van der Waals surface area contributed by atoms with Crippen LogP contribution in [0.15, 0.2) is 54.6 Å². The molecule has 8 nitrogen and oxygen atoms in total. The average Bonchev–Trinajstić information content (AvgIpc) is 3.17. The molecule has 2 saturated heterocycles. The van der Waals surface area contributed by atoms with Crippen LogP contribution in [0.5, 0.6) is 0 Å². The average molecular weight is 592 g/mol. The molecule has 5 rings (SSSR count). The Bertz CT molecular complexity index is 1310. The normalized spacial score (nSPS) is 31.7. The Balaban J connectivity index is 1.66. The lowest BCUT2D eigenvalue weighted by molar-refractivity contribution is -0.158. The van der Waals surface area contributed by atoms with Gasteiger partial charge in [0.15, 0.2) is 0 Å². The zero-order chi connectivity index (χ0) is 31.5. The van der Waals surface area contributed by atoms with Gasteiger partial charge >= 0.3 is 0 Å². The zero-order valence-electron chi connectivity index (χ0n) is 27.0. The van der Waals surface area contributed by atoms with Gasteiger partial charge in [0.05, 0.1) is 30.1 Å². The van der Waals surface area contributed by atoms with Crippen molar-refractivity contribution in [3.63, 3.8) is 0 Å². The number of likely N-dealkylation sites (tertiary alicyclic amines) is 1. The molecule has 6 atom stereocenters. The third-order valence-corrected chi connectivity index (χ3v) is 9.60. The highest BCUT2D eigenvalue weighted by atomic mass is 16.5. The van der Waals surface area contributed by atoms with Crippen LogP contribution >= 0.6 is 0 Å². The summed E-state index contributed by atoms with van der Waals surface area (Å²) >= 11 is 0. The van der Waals surface area contributed by atoms with Crippen LogP contribution in [0.2, 0.25) is 0 Å². The van der Waals surface area contributed by atoms with Crippen LogP contribution < -0.4 is 4.90 Å². The molecule has 0 saturated carbocycles. The van der Waals surface area contributed by atoms with Crippen LogP contribution in [0.4, 0.5) is 5.69 Å². The van der Waals surface area contributed by atoms with Gasteiger partial charge in [-0.2, -0.15) is 0 Å². The summed E-state index contributed by atoms with van der Waals surface area (Å²) in [5, 5.41) is 10.6. The summed E-state index contributed by atoms with van der Waals surface area (Å²) in [4.78, 5) is 49.4. The number of nitrogens with zero attached hydrogens (tertiary/aromatic N) is 3. The zero-order valence-corrected chi connectivity index (χ0v) is 27.0. The molecular weight excluding hydrogens is 542 g/mol. The maximum absolute atomic E-state index is 14.9. The predicted molar refractivity (Wildman–Crippen MR) is 167 cm³/mol. The first-order valence-electron chi connectivity index (χ1n) is 15.7. The minimum absolute atomic E-state index is 0.0425. The quantitative estimate of drug-likeness (QED) is 0.469. The van der Waals surface area contributed by atoms with Crippen LogP contribution in [0.3, 0.4) is 0 Å². The first-order chi connectivity index (χ1) is 20.1. The van der Waals surface area contributed by atoms with E-state index < -0.39 is 40.7 Å². The van der Waals surface area contributed by atoms with Gasteiger partial charge in [-0.1, -0.05) is 77.1 Å². The second-order valence-electron chi connectivity index (χ2n) is 15.3. The number of carbonyl (C=O) groups is 3. The van der Waals surface area contributed by atoms with E-state index in [-0.39, 0.29) is 35.7 Å². The van der Waals surface area contributed by atoms with Crippen molar-refractivity contribution >= 4 is 23.4 Å². The van der Waals surface area contributed by atoms with Crippen LogP contribution in [0.1, 0.15) is 68.2 Å². The van der Waals surface area contributed by atoms with Gasteiger partial charge in [0.2, 0.25) is 17.7 Å². The van der Waals surface area contributed by atoms with Crippen molar-refractivity contribution in [2.24, 2.45) is 23.2 Å². The summed E-state index contributed by atoms with van der Waals surface area (Å²) in [6, 6.07) is 7.87. The van der Waals surface area contributed by atoms with Crippen molar-refractivity contribution in [3.05, 3.63) is 54.6 Å². The molecule has 3 amide bonds. The minimum Gasteiger partial charge on any atom is -0.394 e. The van der Waals surface area contributed by atoms with Gasteiger partial charge in [-0.15, -0.1) is 0 Å². The van der Waals surface area contributed by atoms with E-state index in [1.165, 1.54) is 0 Å². The van der Waals surface area contributed by atoms with E-state index >= 15 is 0 Å². The Morgan fingerprint density at radius 2 is 1.58 bits per heavy atom. The molecular formula is C35H49N3O5. The number of amides is 3. The topological polar surface area (TPSA) is 90.4 Å². The fraction of sp³-hybridized carbons (Fsp3) is 0.629. The number of aliphatic hydroxyl groups is 1. The molecule has 1 aromatic rings. The van der Waals surface area contributed by atoms with Gasteiger partial charge in [-0.05, 0) is 57.1 Å². The number of ether oxygens (including phenoxy) is 1. The van der Waals surface area contributed by atoms with Crippen LogP contribution in [-0.4, -0.2) is 81.1 Å². The molecule has 0 bridgehead atoms. The number of para-hydroxylation sites is 1. The third kappa shape index (κ3) is 5.24. The van der Waals surface area contributed by atoms with E-state index in [2.05, 4.69) is 34.6 Å². The van der Waals surface area contributed by atoms with Gasteiger partial charge in [-0.25, -0.2) is 0 Å². The molecule has 1 spiro atoms. The first kappa shape index (κ1) is 31.5. The number of fused-ring (bicyclic) bond motifs is 2. The highest BCUT2D eigenvalue weighted by Crippen LogP contribution is 2.58. The van der Waals surface area contributed by atoms with Crippen molar-refractivity contribution in [2.75, 3.05) is 24.6 Å². The van der Waals surface area contributed by atoms with Gasteiger partial charge in [-0.3, -0.25) is 14.4 Å². The fourth-order valence-electron chi connectivity index (χ4n) is 8.45. The number of hydrogen-bond acceptors (Lipinski definition) is 5. The maximum Gasteiger partial charge on any atom is 0.249 e. The van der Waals surface area contributed by atoms with Crippen molar-refractivity contribution in [1.82, 2.24) is 9.80 Å². The highest BCUT2D eigenvalue weighted by Gasteiger charge is 2.75. The molecule has 1 aromatic carbocycles. The Labute approximate surface area is 256 Å². The van der Waals surface area contributed by atoms with Crippen molar-refractivity contribution in [1.29, 1.82) is 0 Å². The van der Waals surface area contributed by atoms with Gasteiger partial charge in [0.25, 0.3) is 0 Å². The molecule has 0 aromatic heterocycles. The number of hydrogen-bond donors (Lipinski definition) is 1. The SMILES string of the molecule is CC(C)C[C@H](CO)N1C(=O)[C@@H]2[C@@H]3C(=O)N(c4ccccc4)CC=C[C@]3(C)O[C@@]23C=CCN(C(C)(C)CC(C)(C)C)C(=O)C13. The summed E-state index contributed by atoms with van der Waals surface area (Å²) in [5.41, 5.74) is -2.27. The summed E-state index contributed by atoms with van der Waals surface area (Å²) < 4.78 is 7.00. The molecule has 4 heterocycles. The monoisotopic (exact) mass is 591 g/mol. The lowest BCUT2D eigenvalue weighted by Gasteiger charge is -2.46. The molecule has 4 aliphatic heterocycles. The number of carbonyl (C=O) groups excluding carboxylic acids is 3. The summed E-state index contributed by atoms with van der Waals surface area (Å²) in [7, 11) is 0. The van der Waals surface area contributed by atoms with Gasteiger partial charge in [0.1, 0.15) is 11.6 Å². The second-order valence-corrected chi connectivity index (χ2v) is 15.3. The Hall–Kier alpha value is -2.97. The van der Waals surface area contributed by atoms with E-state index in [0.29, 0.717) is 19.5 Å². The predicted octanol–water partition coefficient (Wildman–Crippen LogP) is 4.58. The standard InChI is InChI=1S/C35H49N3O5/c1-23(2)20-25(21-39)38-28-31(42)37(33(6,7)22-32(3,4)5)19-13-17-35(28)27(30(38)41)26-29(40)36(24-14-10-9-11-15-24)18-12-16-34(26,8)43-35/h9-17,23,25-28,39H,18-22H2,1-8H3/t25-,26-,27+,28?,34+,35+/m1/s1. The summed E-state index contributed by atoms with van der Waals surface area (Å²) in [6.45, 7) is 17.0. The summed E-state index contributed by atoms with van der Waals surface area (Å²) in [5.74, 6) is -2.30. The maximum atomic E-state index is 14.9. The molecule has 0 radical (unpaired) electrons. The smallest absolute Gasteiger partial charge is 0.249 e. The lowest BCUT2D eigenvalue weighted by Crippen LogP contribution is -2.62. The lowest BCUT2D eigenvalue weighted by atomic mass is 9.74. The van der Waals surface area contributed by atoms with Crippen molar-refractivity contribution < 1.29 is 24.2 Å². The highest BCUT2D eigenvalue weighted by molar-refractivity contribution is 6.04. The molecule has 0 aliphatic carbocycles. The van der Waals surface area contributed by atoms with Crippen molar-refractivity contribution in [2.45, 2.75) is 97.1 Å². The number of anilines is 1. The van der Waals surface area contributed by atoms with Crippen LogP contribution in [0.25, 0.3) is 0 Å². The molecule has 1 N–H and O–H groups in total. The molecule has 234 valence electrons.